The van der Waals surface area contributed by atoms with Crippen molar-refractivity contribution in [3.8, 4) is 0 Å². The second-order valence-corrected chi connectivity index (χ2v) is 12.2. The summed E-state index contributed by atoms with van der Waals surface area (Å²) in [6, 6.07) is 15.4. The van der Waals surface area contributed by atoms with Crippen LogP contribution in [0.25, 0.3) is 0 Å². The number of aryl methyl sites for hydroxylation is 2. The Hall–Kier alpha value is -2.69. The number of rotatable bonds is 6. The molecule has 1 saturated carbocycles. The van der Waals surface area contributed by atoms with E-state index in [2.05, 4.69) is 83.2 Å². The van der Waals surface area contributed by atoms with Crippen molar-refractivity contribution in [2.75, 3.05) is 42.0 Å². The van der Waals surface area contributed by atoms with E-state index in [9.17, 15) is 0 Å². The van der Waals surface area contributed by atoms with Crippen molar-refractivity contribution in [1.29, 1.82) is 0 Å². The fourth-order valence-corrected chi connectivity index (χ4v) is 6.18. The van der Waals surface area contributed by atoms with Gasteiger partial charge in [0.1, 0.15) is 5.82 Å². The van der Waals surface area contributed by atoms with Crippen molar-refractivity contribution < 1.29 is 0 Å². The molecule has 4 N–H and O–H groups in total. The summed E-state index contributed by atoms with van der Waals surface area (Å²) in [7, 11) is -0.216. The Labute approximate surface area is 197 Å². The van der Waals surface area contributed by atoms with Gasteiger partial charge in [-0.2, -0.15) is 4.98 Å². The lowest BCUT2D eigenvalue weighted by atomic mass is 9.61. The third kappa shape index (κ3) is 4.42. The molecule has 1 aromatic heterocycles. The van der Waals surface area contributed by atoms with E-state index in [-0.39, 0.29) is 7.92 Å². The Balaban J connectivity index is 1.30. The van der Waals surface area contributed by atoms with Crippen molar-refractivity contribution in [2.45, 2.75) is 32.7 Å². The molecular formula is C26H33N6P. The molecule has 5 rings (SSSR count). The highest BCUT2D eigenvalue weighted by Crippen LogP contribution is 2.49. The van der Waals surface area contributed by atoms with Gasteiger partial charge < -0.3 is 21.3 Å². The third-order valence-corrected chi connectivity index (χ3v) is 8.20. The molecule has 33 heavy (non-hydrogen) atoms. The summed E-state index contributed by atoms with van der Waals surface area (Å²) in [5, 5.41) is 8.26. The van der Waals surface area contributed by atoms with Crippen LogP contribution in [-0.2, 0) is 0 Å². The monoisotopic (exact) mass is 460 g/mol. The van der Waals surface area contributed by atoms with Gasteiger partial charge >= 0.3 is 0 Å². The largest absolute Gasteiger partial charge is 0.370 e. The van der Waals surface area contributed by atoms with Gasteiger partial charge in [-0.15, -0.1) is 0 Å². The van der Waals surface area contributed by atoms with E-state index in [1.165, 1.54) is 29.4 Å². The van der Waals surface area contributed by atoms with Crippen LogP contribution >= 0.6 is 7.92 Å². The van der Waals surface area contributed by atoms with Gasteiger partial charge in [-0.05, 0) is 75.2 Å². The lowest BCUT2D eigenvalue weighted by Crippen LogP contribution is -2.65. The van der Waals surface area contributed by atoms with E-state index < -0.39 is 0 Å². The van der Waals surface area contributed by atoms with Gasteiger partial charge in [0.2, 0.25) is 5.95 Å². The quantitative estimate of drug-likeness (QED) is 0.455. The highest BCUT2D eigenvalue weighted by Gasteiger charge is 2.51. The zero-order valence-electron chi connectivity index (χ0n) is 19.9. The van der Waals surface area contributed by atoms with E-state index in [0.717, 1.165) is 35.8 Å². The predicted octanol–water partition coefficient (Wildman–Crippen LogP) is 4.87. The molecule has 1 aliphatic heterocycles. The van der Waals surface area contributed by atoms with E-state index in [0.29, 0.717) is 17.4 Å². The number of nitrogens with zero attached hydrogens (tertiary/aromatic N) is 3. The van der Waals surface area contributed by atoms with Crippen molar-refractivity contribution in [1.82, 2.24) is 9.97 Å². The lowest BCUT2D eigenvalue weighted by molar-refractivity contribution is 0.0664. The minimum absolute atomic E-state index is 0.216. The first-order chi connectivity index (χ1) is 15.8. The smallest absolute Gasteiger partial charge is 0.229 e. The normalized spacial score (nSPS) is 17.1. The predicted molar refractivity (Wildman–Crippen MR) is 141 cm³/mol. The van der Waals surface area contributed by atoms with Gasteiger partial charge in [-0.3, -0.25) is 0 Å². The number of nitrogens with two attached hydrogens (primary N) is 1. The minimum Gasteiger partial charge on any atom is -0.370 e. The molecule has 2 aliphatic rings. The van der Waals surface area contributed by atoms with E-state index in [1.807, 2.05) is 13.1 Å². The number of anilines is 5. The molecule has 2 aromatic carbocycles. The van der Waals surface area contributed by atoms with Gasteiger partial charge in [0, 0.05) is 53.4 Å². The van der Waals surface area contributed by atoms with Crippen LogP contribution in [0.2, 0.25) is 0 Å². The van der Waals surface area contributed by atoms with Gasteiger partial charge in [-0.25, -0.2) is 4.98 Å². The highest BCUT2D eigenvalue weighted by atomic mass is 31.1. The number of nitrogens with one attached hydrogen (secondary N) is 2. The van der Waals surface area contributed by atoms with Crippen LogP contribution < -0.4 is 26.6 Å². The summed E-state index contributed by atoms with van der Waals surface area (Å²) >= 11 is 0. The van der Waals surface area contributed by atoms with Gasteiger partial charge in [-0.1, -0.05) is 26.1 Å². The molecule has 3 aromatic rings. The van der Waals surface area contributed by atoms with Crippen molar-refractivity contribution in [3.05, 3.63) is 59.8 Å². The fraction of sp³-hybridized carbons (Fsp3) is 0.385. The average Bonchev–Trinajstić information content (AvgIpc) is 2.73. The maximum absolute atomic E-state index is 6.01. The molecule has 1 spiro atoms. The van der Waals surface area contributed by atoms with Gasteiger partial charge in [0.15, 0.2) is 0 Å². The van der Waals surface area contributed by atoms with Crippen LogP contribution in [0.1, 0.15) is 24.0 Å². The van der Waals surface area contributed by atoms with Crippen LogP contribution in [0.3, 0.4) is 0 Å². The Morgan fingerprint density at radius 3 is 2.48 bits per heavy atom. The highest BCUT2D eigenvalue weighted by molar-refractivity contribution is 7.64. The SMILES string of the molecule is Cc1cc(Nc2ncc(C)c(Nc3ccccc3P(C)C)n2)ccc1N1CC2(CC(N)C2)C1. The van der Waals surface area contributed by atoms with Crippen molar-refractivity contribution >= 4 is 42.1 Å². The second kappa shape index (κ2) is 8.58. The van der Waals surface area contributed by atoms with Crippen LogP contribution in [0.15, 0.2) is 48.7 Å². The molecule has 0 atom stereocenters. The molecule has 2 fully saturated rings. The lowest BCUT2D eigenvalue weighted by Gasteiger charge is -2.59. The summed E-state index contributed by atoms with van der Waals surface area (Å²) in [6.07, 6.45) is 4.21. The average molecular weight is 461 g/mol. The maximum Gasteiger partial charge on any atom is 0.229 e. The molecular weight excluding hydrogens is 427 g/mol. The van der Waals surface area contributed by atoms with E-state index >= 15 is 0 Å². The van der Waals surface area contributed by atoms with E-state index in [1.54, 1.807) is 0 Å². The molecule has 6 nitrogen and oxygen atoms in total. The number of benzene rings is 2. The van der Waals surface area contributed by atoms with Crippen LogP contribution in [0, 0.1) is 19.3 Å². The number of hydrogen-bond acceptors (Lipinski definition) is 6. The summed E-state index contributed by atoms with van der Waals surface area (Å²) in [5.41, 5.74) is 12.2. The topological polar surface area (TPSA) is 79.1 Å². The fourth-order valence-electron chi connectivity index (χ4n) is 5.19. The molecule has 172 valence electrons. The zero-order chi connectivity index (χ0) is 23.2. The number of aromatic nitrogens is 2. The van der Waals surface area contributed by atoms with Crippen molar-refractivity contribution in [3.63, 3.8) is 0 Å². The first-order valence-electron chi connectivity index (χ1n) is 11.6. The third-order valence-electron chi connectivity index (χ3n) is 6.85. The Bertz CT molecular complexity index is 1160. The first-order valence-corrected chi connectivity index (χ1v) is 13.8. The molecule has 0 unspecified atom stereocenters. The van der Waals surface area contributed by atoms with E-state index in [4.69, 9.17) is 10.7 Å². The Morgan fingerprint density at radius 1 is 1.03 bits per heavy atom. The second-order valence-electron chi connectivity index (χ2n) is 9.91. The summed E-state index contributed by atoms with van der Waals surface area (Å²) < 4.78 is 0. The maximum atomic E-state index is 6.01. The molecule has 2 heterocycles. The summed E-state index contributed by atoms with van der Waals surface area (Å²) in [5.74, 6) is 1.42. The summed E-state index contributed by atoms with van der Waals surface area (Å²) in [6.45, 7) is 11.0. The molecule has 7 heteroatoms. The molecule has 1 aliphatic carbocycles. The number of hydrogen-bond donors (Lipinski definition) is 3. The molecule has 0 bridgehead atoms. The van der Waals surface area contributed by atoms with Gasteiger partial charge in [0.05, 0.1) is 0 Å². The molecule has 0 radical (unpaired) electrons. The van der Waals surface area contributed by atoms with Crippen molar-refractivity contribution in [2.24, 2.45) is 11.1 Å². The Kier molecular flexibility index (Phi) is 5.75. The molecule has 0 amide bonds. The molecule has 1 saturated heterocycles. The van der Waals surface area contributed by atoms with Gasteiger partial charge in [0.25, 0.3) is 0 Å². The van der Waals surface area contributed by atoms with Crippen LogP contribution in [0.4, 0.5) is 28.8 Å². The zero-order valence-corrected chi connectivity index (χ0v) is 20.8. The van der Waals surface area contributed by atoms with Crippen LogP contribution in [-0.4, -0.2) is 42.4 Å². The first kappa shape index (κ1) is 22.1. The Morgan fingerprint density at radius 2 is 1.79 bits per heavy atom. The standard InChI is InChI=1S/C26H33N6P/c1-17-11-20(9-10-22(17)32-15-26(16-32)12-19(27)13-26)29-25-28-14-18(2)24(31-25)30-21-7-5-6-8-23(21)33(3)4/h5-11,14,19H,12-13,15-16,27H2,1-4H3,(H2,28,29,30,31). The summed E-state index contributed by atoms with van der Waals surface area (Å²) in [4.78, 5) is 11.8. The van der Waals surface area contributed by atoms with Crippen LogP contribution in [0.5, 0.6) is 0 Å². The number of para-hydroxylation sites is 1. The minimum atomic E-state index is -0.216.